The summed E-state index contributed by atoms with van der Waals surface area (Å²) in [5, 5.41) is 3.64. The van der Waals surface area contributed by atoms with Gasteiger partial charge in [-0.2, -0.15) is 0 Å². The lowest BCUT2D eigenvalue weighted by Gasteiger charge is -2.44. The predicted octanol–water partition coefficient (Wildman–Crippen LogP) is 11.1. The lowest BCUT2D eigenvalue weighted by molar-refractivity contribution is 0.102. The maximum atomic E-state index is 15.4. The lowest BCUT2D eigenvalue weighted by atomic mass is 9.12. The van der Waals surface area contributed by atoms with Crippen molar-refractivity contribution in [1.82, 2.24) is 0 Å². The van der Waals surface area contributed by atoms with Gasteiger partial charge in [-0.1, -0.05) is 54.6 Å². The predicted molar refractivity (Wildman–Crippen MR) is 241 cm³/mol. The number of carbonyl (C=O) groups is 1. The van der Waals surface area contributed by atoms with Crippen LogP contribution in [0.15, 0.2) is 115 Å². The van der Waals surface area contributed by atoms with Crippen molar-refractivity contribution in [3.8, 4) is 5.75 Å². The number of halogens is 20. The molecule has 8 rings (SSSR count). The van der Waals surface area contributed by atoms with Crippen LogP contribution in [0.25, 0.3) is 0 Å². The van der Waals surface area contributed by atoms with Gasteiger partial charge < -0.3 is 4.74 Å². The Morgan fingerprint density at radius 2 is 0.566 bits per heavy atom. The highest BCUT2D eigenvalue weighted by Gasteiger charge is 2.53. The monoisotopic (exact) mass is 1100 g/mol. The van der Waals surface area contributed by atoms with Crippen molar-refractivity contribution >= 4 is 57.0 Å². The van der Waals surface area contributed by atoms with Crippen LogP contribution in [0.1, 0.15) is 17.3 Å². The first kappa shape index (κ1) is 56.1. The van der Waals surface area contributed by atoms with Gasteiger partial charge in [0.15, 0.2) is 69.8 Å². The van der Waals surface area contributed by atoms with Crippen LogP contribution in [0.3, 0.4) is 0 Å². The number of rotatable bonds is 12. The van der Waals surface area contributed by atoms with Crippen molar-refractivity contribution in [3.63, 3.8) is 0 Å². The van der Waals surface area contributed by atoms with E-state index < -0.39 is 152 Å². The third-order valence-electron chi connectivity index (χ3n) is 12.2. The minimum Gasteiger partial charge on any atom is -0.494 e. The van der Waals surface area contributed by atoms with E-state index in [-0.39, 0.29) is 5.78 Å². The highest BCUT2D eigenvalue weighted by molar-refractivity contribution is 7.96. The van der Waals surface area contributed by atoms with Gasteiger partial charge >= 0.3 is 0 Å². The summed E-state index contributed by atoms with van der Waals surface area (Å²) in [7, 11) is -2.18. The average molecular weight is 1100 g/mol. The number of Topliss-reactive ketones (excluding diaryl/α,β-unsaturated/α-hetero) is 1. The molecule has 0 radical (unpaired) electrons. The summed E-state index contributed by atoms with van der Waals surface area (Å²) in [6.45, 7) is 2.56. The van der Waals surface area contributed by atoms with Crippen LogP contribution < -0.4 is 42.5 Å². The van der Waals surface area contributed by atoms with E-state index >= 15 is 35.1 Å². The highest BCUT2D eigenvalue weighted by atomic mass is 31.2. The maximum absolute atomic E-state index is 15.4. The fraction of sp³-hybridized carbons (Fsp3) is 0.0577. The Morgan fingerprint density at radius 1 is 0.342 bits per heavy atom. The van der Waals surface area contributed by atoms with Gasteiger partial charge in [-0.3, -0.25) is 4.79 Å². The first-order valence-electron chi connectivity index (χ1n) is 21.5. The van der Waals surface area contributed by atoms with E-state index in [4.69, 9.17) is 4.74 Å². The van der Waals surface area contributed by atoms with E-state index in [1.165, 1.54) is 15.9 Å². The van der Waals surface area contributed by atoms with Crippen LogP contribution in [0.2, 0.25) is 0 Å². The molecule has 0 aliphatic rings. The van der Waals surface area contributed by atoms with Crippen molar-refractivity contribution in [3.05, 3.63) is 237 Å². The smallest absolute Gasteiger partial charge is 0.201 e. The van der Waals surface area contributed by atoms with Crippen LogP contribution in [0.4, 0.5) is 87.8 Å². The number of hydrogen-bond acceptors (Lipinski definition) is 2. The summed E-state index contributed by atoms with van der Waals surface area (Å²) in [5.74, 6) is -70.5. The molecule has 2 nitrogen and oxygen atoms in total. The fourth-order valence-corrected chi connectivity index (χ4v) is 13.0. The molecule has 0 atom stereocenters. The summed E-state index contributed by atoms with van der Waals surface area (Å²) >= 11 is 0. The Hall–Kier alpha value is -7.68. The minimum atomic E-state index is -7.22. The highest BCUT2D eigenvalue weighted by Crippen LogP contribution is 2.55. The molecule has 8 aromatic rings. The molecule has 0 fully saturated rings. The summed E-state index contributed by atoms with van der Waals surface area (Å²) < 4.78 is 299. The molecule has 0 heterocycles. The van der Waals surface area contributed by atoms with Crippen LogP contribution in [-0.4, -0.2) is 24.7 Å². The molecular weight excluding hydrogens is 1080 g/mol. The summed E-state index contributed by atoms with van der Waals surface area (Å²) in [5.41, 5.74) is -13.6. The third kappa shape index (κ3) is 9.10. The van der Waals surface area contributed by atoms with Crippen molar-refractivity contribution in [2.75, 3.05) is 12.8 Å². The summed E-state index contributed by atoms with van der Waals surface area (Å²) in [6.07, 6.45) is -6.77. The molecule has 0 aliphatic carbocycles. The number of carbonyl (C=O) groups excluding carboxylic acids is 1. The number of ether oxygens (including phenoxy) is 1. The Labute approximate surface area is 416 Å². The first-order chi connectivity index (χ1) is 35.9. The maximum Gasteiger partial charge on any atom is 0.201 e. The van der Waals surface area contributed by atoms with Crippen molar-refractivity contribution in [1.29, 1.82) is 0 Å². The molecule has 0 bridgehead atoms. The van der Waals surface area contributed by atoms with Crippen molar-refractivity contribution in [2.45, 2.75) is 6.92 Å². The van der Waals surface area contributed by atoms with E-state index in [9.17, 15) is 57.5 Å². The molecule has 8 aromatic carbocycles. The van der Waals surface area contributed by atoms with Gasteiger partial charge in [0.2, 0.25) is 5.78 Å². The minimum absolute atomic E-state index is 0.146. The Balaban J connectivity index is 0.000000236. The molecule has 0 spiro atoms. The van der Waals surface area contributed by atoms with E-state index in [2.05, 4.69) is 72.8 Å². The molecule has 0 unspecified atom stereocenters. The quantitative estimate of drug-likeness (QED) is 0.0304. The normalized spacial score (nSPS) is 11.6. The van der Waals surface area contributed by atoms with Crippen LogP contribution in [0.5, 0.6) is 5.75 Å². The summed E-state index contributed by atoms with van der Waals surface area (Å²) in [4.78, 5) is 13.6. The average Bonchev–Trinajstić information content (AvgIpc) is 3.43. The molecule has 0 aliphatic heterocycles. The molecule has 0 saturated heterocycles. The lowest BCUT2D eigenvalue weighted by Crippen LogP contribution is -2.81. The molecule has 76 heavy (non-hydrogen) atoms. The fourth-order valence-electron chi connectivity index (χ4n) is 8.85. The second-order valence-electron chi connectivity index (χ2n) is 16.2. The molecule has 0 saturated carbocycles. The van der Waals surface area contributed by atoms with Gasteiger partial charge in [0, 0.05) is 5.56 Å². The Bertz CT molecular complexity index is 3060. The van der Waals surface area contributed by atoms with Crippen LogP contribution in [0, 0.1) is 116 Å². The van der Waals surface area contributed by atoms with Gasteiger partial charge in [0.25, 0.3) is 0 Å². The molecule has 0 aromatic heterocycles. The van der Waals surface area contributed by atoms with E-state index in [1.54, 1.807) is 0 Å². The zero-order valence-corrected chi connectivity index (χ0v) is 38.7. The Kier molecular flexibility index (Phi) is 16.1. The molecular formula is C52H26BF20O2P. The SMILES string of the molecule is CCOc1ccc(C(=O)C[P+](c2ccccc2)(c2ccccc2)c2ccccc2)cc1.Fc1c(F)c(F)c([B-](c2c(F)c(F)c(F)c(F)c2F)(c2c(F)c(F)c(F)c(F)c2F)c2c(F)c(F)c(F)c(F)c2F)c(F)c1F. The van der Waals surface area contributed by atoms with Gasteiger partial charge in [-0.05, 0) is 67.6 Å². The van der Waals surface area contributed by atoms with E-state index in [0.29, 0.717) is 12.8 Å². The largest absolute Gasteiger partial charge is 0.494 e. The van der Waals surface area contributed by atoms with Gasteiger partial charge in [0.1, 0.15) is 87.8 Å². The third-order valence-corrected chi connectivity index (χ3v) is 16.5. The Morgan fingerprint density at radius 3 is 0.789 bits per heavy atom. The molecule has 0 N–H and O–H groups in total. The topological polar surface area (TPSA) is 26.3 Å². The summed E-state index contributed by atoms with van der Waals surface area (Å²) in [6, 6.07) is 39.0. The van der Waals surface area contributed by atoms with Gasteiger partial charge in [-0.15, -0.1) is 21.9 Å². The molecule has 394 valence electrons. The number of benzene rings is 8. The first-order valence-corrected chi connectivity index (χ1v) is 23.5. The van der Waals surface area contributed by atoms with Gasteiger partial charge in [-0.25, -0.2) is 87.8 Å². The van der Waals surface area contributed by atoms with Crippen LogP contribution >= 0.6 is 7.26 Å². The van der Waals surface area contributed by atoms with E-state index in [1.807, 2.05) is 49.4 Å². The molecule has 24 heteroatoms. The van der Waals surface area contributed by atoms with E-state index in [0.717, 1.165) is 11.3 Å². The number of ketones is 1. The second kappa shape index (κ2) is 21.9. The second-order valence-corrected chi connectivity index (χ2v) is 19.6. The van der Waals surface area contributed by atoms with Crippen molar-refractivity contribution in [2.24, 2.45) is 0 Å². The van der Waals surface area contributed by atoms with Crippen molar-refractivity contribution < 1.29 is 97.3 Å². The molecule has 0 amide bonds. The number of hydrogen-bond donors (Lipinski definition) is 0. The zero-order chi connectivity index (χ0) is 55.9. The van der Waals surface area contributed by atoms with Gasteiger partial charge in [0.05, 0.1) is 6.61 Å². The standard InChI is InChI=1S/C28H26O2P.C24BF20/c1-2-30-24-20-18-23(19-21-24)28(29)22-31(25-12-6-3-7-13-25,26-14-8-4-9-15-26)27-16-10-5-11-17-27;26-5-1(6(27)14(35)21(42)13(5)34)25(2-7(28)15(36)22(43)16(37)8(2)29,3-9(30)17(38)23(44)18(39)10(3)31)4-11(32)19(40)24(45)20(41)12(4)33/h3-21H,2,22H2,1H3;/q+1;-1. The zero-order valence-electron chi connectivity index (χ0n) is 37.8. The van der Waals surface area contributed by atoms with Crippen LogP contribution in [-0.2, 0) is 0 Å².